The second-order valence-electron chi connectivity index (χ2n) is 7.53. The summed E-state index contributed by atoms with van der Waals surface area (Å²) in [6.45, 7) is 4.52. The van der Waals surface area contributed by atoms with E-state index in [-0.39, 0.29) is 10.9 Å². The molecule has 2 aromatic heterocycles. The van der Waals surface area contributed by atoms with E-state index in [0.717, 1.165) is 29.8 Å². The lowest BCUT2D eigenvalue weighted by Crippen LogP contribution is -2.47. The molecule has 154 valence electrons. The summed E-state index contributed by atoms with van der Waals surface area (Å²) in [6, 6.07) is 13.3. The highest BCUT2D eigenvalue weighted by atomic mass is 32.2. The Balaban J connectivity index is 1.52. The van der Waals surface area contributed by atoms with E-state index < -0.39 is 10.0 Å². The zero-order valence-corrected chi connectivity index (χ0v) is 17.8. The number of piperazine rings is 1. The van der Waals surface area contributed by atoms with Crippen molar-refractivity contribution in [3.05, 3.63) is 54.4 Å². The Labute approximate surface area is 171 Å². The van der Waals surface area contributed by atoms with Gasteiger partial charge in [-0.2, -0.15) is 4.31 Å². The van der Waals surface area contributed by atoms with Crippen molar-refractivity contribution in [3.63, 3.8) is 0 Å². The number of hydrogen-bond donors (Lipinski definition) is 0. The van der Waals surface area contributed by atoms with Crippen molar-refractivity contribution in [2.24, 2.45) is 0 Å². The molecule has 0 spiro atoms. The first kappa shape index (κ1) is 19.9. The van der Waals surface area contributed by atoms with Crippen molar-refractivity contribution in [1.29, 1.82) is 0 Å². The monoisotopic (exact) mass is 414 g/mol. The van der Waals surface area contributed by atoms with E-state index >= 15 is 0 Å². The van der Waals surface area contributed by atoms with Gasteiger partial charge in [0.25, 0.3) is 0 Å². The molecule has 1 aromatic carbocycles. The van der Waals surface area contributed by atoms with Gasteiger partial charge in [0, 0.05) is 44.8 Å². The highest BCUT2D eigenvalue weighted by molar-refractivity contribution is 7.89. The number of anilines is 1. The SMILES string of the molecule is CC(c1cc2ccccc2o1)N(C)c1ccc(S(=O)(=O)N2CCN(C)CC2)cn1. The van der Waals surface area contributed by atoms with Crippen LogP contribution in [0.3, 0.4) is 0 Å². The van der Waals surface area contributed by atoms with E-state index in [1.54, 1.807) is 12.1 Å². The van der Waals surface area contributed by atoms with Crippen LogP contribution >= 0.6 is 0 Å². The van der Waals surface area contributed by atoms with E-state index in [1.165, 1.54) is 10.5 Å². The lowest BCUT2D eigenvalue weighted by molar-refractivity contribution is 0.222. The standard InChI is InChI=1S/C21H26N4O3S/c1-16(20-14-17-6-4-5-7-19(17)28-20)24(3)21-9-8-18(15-22-21)29(26,27)25-12-10-23(2)11-13-25/h4-9,14-16H,10-13H2,1-3H3. The summed E-state index contributed by atoms with van der Waals surface area (Å²) in [5.74, 6) is 1.53. The molecule has 1 aliphatic heterocycles. The van der Waals surface area contributed by atoms with Gasteiger partial charge < -0.3 is 14.2 Å². The molecule has 4 rings (SSSR count). The minimum absolute atomic E-state index is 0.0463. The zero-order valence-electron chi connectivity index (χ0n) is 16.9. The minimum Gasteiger partial charge on any atom is -0.459 e. The fourth-order valence-electron chi connectivity index (χ4n) is 3.51. The van der Waals surface area contributed by atoms with Gasteiger partial charge in [0.1, 0.15) is 22.1 Å². The van der Waals surface area contributed by atoms with Gasteiger partial charge in [-0.05, 0) is 38.2 Å². The smallest absolute Gasteiger partial charge is 0.244 e. The number of nitrogens with zero attached hydrogens (tertiary/aromatic N) is 4. The molecule has 7 nitrogen and oxygen atoms in total. The number of benzene rings is 1. The predicted molar refractivity (Wildman–Crippen MR) is 114 cm³/mol. The van der Waals surface area contributed by atoms with Gasteiger partial charge in [-0.3, -0.25) is 0 Å². The number of para-hydroxylation sites is 1. The quantitative estimate of drug-likeness (QED) is 0.639. The first-order valence-corrected chi connectivity index (χ1v) is 11.2. The molecule has 1 atom stereocenters. The van der Waals surface area contributed by atoms with Crippen LogP contribution < -0.4 is 4.90 Å². The Morgan fingerprint density at radius 1 is 1.10 bits per heavy atom. The van der Waals surface area contributed by atoms with E-state index in [0.29, 0.717) is 18.9 Å². The first-order valence-electron chi connectivity index (χ1n) is 9.72. The van der Waals surface area contributed by atoms with Gasteiger partial charge in [-0.15, -0.1) is 0 Å². The van der Waals surface area contributed by atoms with Gasteiger partial charge in [-0.1, -0.05) is 18.2 Å². The molecule has 0 aliphatic carbocycles. The Hall–Kier alpha value is -2.42. The minimum atomic E-state index is -3.51. The van der Waals surface area contributed by atoms with Gasteiger partial charge >= 0.3 is 0 Å². The van der Waals surface area contributed by atoms with Crippen LogP contribution in [0.2, 0.25) is 0 Å². The Bertz CT molecular complexity index is 1050. The maximum Gasteiger partial charge on any atom is 0.244 e. The van der Waals surface area contributed by atoms with E-state index in [9.17, 15) is 8.42 Å². The van der Waals surface area contributed by atoms with Crippen LogP contribution in [-0.4, -0.2) is 62.9 Å². The average Bonchev–Trinajstić information content (AvgIpc) is 3.17. The number of rotatable bonds is 5. The molecule has 3 aromatic rings. The van der Waals surface area contributed by atoms with Gasteiger partial charge in [0.2, 0.25) is 10.0 Å². The summed E-state index contributed by atoms with van der Waals surface area (Å²) in [6.07, 6.45) is 1.45. The lowest BCUT2D eigenvalue weighted by atomic mass is 10.2. The van der Waals surface area contributed by atoms with Crippen LogP contribution in [0, 0.1) is 0 Å². The maximum absolute atomic E-state index is 12.9. The molecule has 1 saturated heterocycles. The molecule has 0 amide bonds. The summed E-state index contributed by atoms with van der Waals surface area (Å²) >= 11 is 0. The highest BCUT2D eigenvalue weighted by Crippen LogP contribution is 2.29. The summed E-state index contributed by atoms with van der Waals surface area (Å²) in [5.41, 5.74) is 0.851. The van der Waals surface area contributed by atoms with Crippen molar-refractivity contribution in [2.75, 3.05) is 45.2 Å². The van der Waals surface area contributed by atoms with Gasteiger partial charge in [0.15, 0.2) is 0 Å². The van der Waals surface area contributed by atoms with Crippen LogP contribution in [0.4, 0.5) is 5.82 Å². The molecular weight excluding hydrogens is 388 g/mol. The van der Waals surface area contributed by atoms with Crippen LogP contribution in [0.25, 0.3) is 11.0 Å². The number of hydrogen-bond acceptors (Lipinski definition) is 6. The van der Waals surface area contributed by atoms with Crippen molar-refractivity contribution < 1.29 is 12.8 Å². The van der Waals surface area contributed by atoms with Crippen molar-refractivity contribution in [3.8, 4) is 0 Å². The molecule has 0 N–H and O–H groups in total. The molecule has 8 heteroatoms. The number of sulfonamides is 1. The van der Waals surface area contributed by atoms with E-state index in [2.05, 4.69) is 9.88 Å². The molecule has 1 fully saturated rings. The third-order valence-corrected chi connectivity index (χ3v) is 7.50. The zero-order chi connectivity index (χ0) is 20.6. The van der Waals surface area contributed by atoms with E-state index in [4.69, 9.17) is 4.42 Å². The molecule has 0 bridgehead atoms. The fraction of sp³-hybridized carbons (Fsp3) is 0.381. The third kappa shape index (κ3) is 3.88. The average molecular weight is 415 g/mol. The first-order chi connectivity index (χ1) is 13.9. The number of aromatic nitrogens is 1. The highest BCUT2D eigenvalue weighted by Gasteiger charge is 2.28. The van der Waals surface area contributed by atoms with Gasteiger partial charge in [0.05, 0.1) is 6.04 Å². The van der Waals surface area contributed by atoms with Crippen molar-refractivity contribution >= 4 is 26.8 Å². The molecule has 1 aliphatic rings. The molecule has 29 heavy (non-hydrogen) atoms. The number of fused-ring (bicyclic) bond motifs is 1. The van der Waals surface area contributed by atoms with Crippen LogP contribution in [-0.2, 0) is 10.0 Å². The third-order valence-electron chi connectivity index (χ3n) is 5.62. The van der Waals surface area contributed by atoms with E-state index in [1.807, 2.05) is 56.3 Å². The Morgan fingerprint density at radius 3 is 2.48 bits per heavy atom. The Kier molecular flexibility index (Phi) is 5.33. The fourth-order valence-corrected chi connectivity index (χ4v) is 4.88. The normalized spacial score (nSPS) is 17.5. The topological polar surface area (TPSA) is 69.9 Å². The maximum atomic E-state index is 12.9. The molecule has 0 saturated carbocycles. The van der Waals surface area contributed by atoms with Crippen LogP contribution in [0.1, 0.15) is 18.7 Å². The molecule has 1 unspecified atom stereocenters. The number of furan rings is 1. The molecular formula is C21H26N4O3S. The van der Waals surface area contributed by atoms with Gasteiger partial charge in [-0.25, -0.2) is 13.4 Å². The summed E-state index contributed by atoms with van der Waals surface area (Å²) in [7, 11) is 0.414. The second kappa shape index (κ2) is 7.78. The Morgan fingerprint density at radius 2 is 1.83 bits per heavy atom. The van der Waals surface area contributed by atoms with Crippen molar-refractivity contribution in [2.45, 2.75) is 17.9 Å². The van der Waals surface area contributed by atoms with Crippen LogP contribution in [0.15, 0.2) is 58.0 Å². The number of likely N-dealkylation sites (N-methyl/N-ethyl adjacent to an activating group) is 1. The second-order valence-corrected chi connectivity index (χ2v) is 9.47. The molecule has 3 heterocycles. The van der Waals surface area contributed by atoms with Crippen LogP contribution in [0.5, 0.6) is 0 Å². The lowest BCUT2D eigenvalue weighted by Gasteiger charge is -2.31. The summed E-state index contributed by atoms with van der Waals surface area (Å²) in [4.78, 5) is 8.76. The summed E-state index contributed by atoms with van der Waals surface area (Å²) in [5, 5.41) is 1.06. The largest absolute Gasteiger partial charge is 0.459 e. The number of pyridine rings is 1. The summed E-state index contributed by atoms with van der Waals surface area (Å²) < 4.78 is 33.2. The molecule has 0 radical (unpaired) electrons. The predicted octanol–water partition coefficient (Wildman–Crippen LogP) is 2.96. The van der Waals surface area contributed by atoms with Crippen molar-refractivity contribution in [1.82, 2.24) is 14.2 Å².